The van der Waals surface area contributed by atoms with Crippen LogP contribution in [0.4, 0.5) is 37.7 Å². The van der Waals surface area contributed by atoms with Crippen molar-refractivity contribution in [2.24, 2.45) is 0 Å². The van der Waals surface area contributed by atoms with E-state index < -0.39 is 50.1 Å². The number of alkyl halides is 6. The Kier molecular flexibility index (Phi) is 8.87. The largest absolute Gasteiger partial charge is 0.457 e. The van der Waals surface area contributed by atoms with Crippen LogP contribution in [-0.4, -0.2) is 15.6 Å². The second kappa shape index (κ2) is 13.4. The number of carbonyl (C=O) groups excluding carboxylic acids is 1. The minimum atomic E-state index is -5.02. The fourth-order valence-electron chi connectivity index (χ4n) is 6.84. The van der Waals surface area contributed by atoms with Gasteiger partial charge in [-0.3, -0.25) is 25.0 Å². The van der Waals surface area contributed by atoms with Gasteiger partial charge in [-0.1, -0.05) is 72.8 Å². The van der Waals surface area contributed by atoms with Crippen molar-refractivity contribution in [1.82, 2.24) is 0 Å². The van der Waals surface area contributed by atoms with Gasteiger partial charge in [0.05, 0.1) is 15.3 Å². The molecule has 6 aromatic rings. The molecule has 0 radical (unpaired) electrons. The lowest BCUT2D eigenvalue weighted by molar-refractivity contribution is -0.388. The van der Waals surface area contributed by atoms with E-state index in [0.717, 1.165) is 12.1 Å². The first-order chi connectivity index (χ1) is 26.1. The summed E-state index contributed by atoms with van der Waals surface area (Å²) in [6.07, 6.45) is -10.0. The van der Waals surface area contributed by atoms with Crippen LogP contribution in [0, 0.1) is 20.2 Å². The van der Waals surface area contributed by atoms with Gasteiger partial charge in [0.1, 0.15) is 34.1 Å². The maximum absolute atomic E-state index is 13.8. The van der Waals surface area contributed by atoms with Gasteiger partial charge < -0.3 is 9.47 Å². The standard InChI is InChI=1S/C40H22F6N2O7/c41-39(42,43)33-21-27(17-19-35(33)47(50)51)54-25-13-9-23(10-14-25)38(31-7-3-1-5-29(31)37(49)30-6-2-4-8-32(30)38)24-11-15-26(16-12-24)55-28-18-20-36(48(52)53)34(22-28)40(44,45)46/h1-22H. The van der Waals surface area contributed by atoms with Crippen LogP contribution >= 0.6 is 0 Å². The maximum Gasteiger partial charge on any atom is 0.423 e. The molecule has 15 heteroatoms. The molecule has 0 spiro atoms. The Morgan fingerprint density at radius 2 is 0.836 bits per heavy atom. The normalized spacial score (nSPS) is 13.4. The molecule has 0 atom stereocenters. The van der Waals surface area contributed by atoms with Crippen molar-refractivity contribution in [3.63, 3.8) is 0 Å². The zero-order chi connectivity index (χ0) is 39.3. The molecule has 0 saturated heterocycles. The third-order valence-electron chi connectivity index (χ3n) is 9.14. The quantitative estimate of drug-likeness (QED) is 0.0859. The summed E-state index contributed by atoms with van der Waals surface area (Å²) in [6.45, 7) is 0. The van der Waals surface area contributed by atoms with Crippen LogP contribution in [0.2, 0.25) is 0 Å². The Hall–Kier alpha value is -7.03. The van der Waals surface area contributed by atoms with E-state index in [2.05, 4.69) is 0 Å². The average Bonchev–Trinajstić information content (AvgIpc) is 3.15. The number of nitrogens with zero attached hydrogens (tertiary/aromatic N) is 2. The minimum Gasteiger partial charge on any atom is -0.457 e. The molecular formula is C40H22F6N2O7. The summed E-state index contributed by atoms with van der Waals surface area (Å²) < 4.78 is 93.2. The average molecular weight is 757 g/mol. The van der Waals surface area contributed by atoms with Crippen LogP contribution in [-0.2, 0) is 17.8 Å². The summed E-state index contributed by atoms with van der Waals surface area (Å²) in [5, 5.41) is 22.4. The summed E-state index contributed by atoms with van der Waals surface area (Å²) in [5.41, 5.74) is -3.32. The highest BCUT2D eigenvalue weighted by atomic mass is 19.4. The molecule has 0 aromatic heterocycles. The number of ketones is 1. The van der Waals surface area contributed by atoms with E-state index in [9.17, 15) is 51.4 Å². The van der Waals surface area contributed by atoms with Gasteiger partial charge in [0, 0.05) is 23.3 Å². The number of nitro groups is 2. The molecule has 55 heavy (non-hydrogen) atoms. The summed E-state index contributed by atoms with van der Waals surface area (Å²) >= 11 is 0. The third kappa shape index (κ3) is 6.49. The number of ether oxygens (including phenoxy) is 2. The SMILES string of the molecule is O=C1c2ccccc2C(c2ccc(Oc3ccc([N+](=O)[O-])c(C(F)(F)F)c3)cc2)(c2ccc(Oc3ccc([N+](=O)[O-])c(C(F)(F)F)c3)cc2)c2ccccc21. The number of carbonyl (C=O) groups is 1. The molecule has 0 heterocycles. The van der Waals surface area contributed by atoms with Gasteiger partial charge in [-0.2, -0.15) is 26.3 Å². The highest BCUT2D eigenvalue weighted by Gasteiger charge is 2.46. The summed E-state index contributed by atoms with van der Waals surface area (Å²) in [6, 6.07) is 31.1. The monoisotopic (exact) mass is 756 g/mol. The van der Waals surface area contributed by atoms with Crippen molar-refractivity contribution in [2.45, 2.75) is 17.8 Å². The lowest BCUT2D eigenvalue weighted by Gasteiger charge is -2.41. The second-order valence-electron chi connectivity index (χ2n) is 12.3. The van der Waals surface area contributed by atoms with Gasteiger partial charge >= 0.3 is 12.4 Å². The lowest BCUT2D eigenvalue weighted by atomic mass is 9.59. The predicted molar refractivity (Wildman–Crippen MR) is 185 cm³/mol. The van der Waals surface area contributed by atoms with Crippen molar-refractivity contribution in [2.75, 3.05) is 0 Å². The van der Waals surface area contributed by atoms with E-state index in [0.29, 0.717) is 57.6 Å². The van der Waals surface area contributed by atoms with Crippen LogP contribution in [0.5, 0.6) is 23.0 Å². The van der Waals surface area contributed by atoms with E-state index in [-0.39, 0.29) is 28.8 Å². The van der Waals surface area contributed by atoms with Gasteiger partial charge in [-0.25, -0.2) is 0 Å². The molecule has 9 nitrogen and oxygen atoms in total. The first-order valence-electron chi connectivity index (χ1n) is 16.1. The van der Waals surface area contributed by atoms with Crippen LogP contribution in [0.3, 0.4) is 0 Å². The number of fused-ring (bicyclic) bond motifs is 2. The summed E-state index contributed by atoms with van der Waals surface area (Å²) in [4.78, 5) is 34.0. The minimum absolute atomic E-state index is 0.0967. The van der Waals surface area contributed by atoms with Gasteiger partial charge in [-0.15, -0.1) is 0 Å². The van der Waals surface area contributed by atoms with Crippen LogP contribution in [0.15, 0.2) is 133 Å². The van der Waals surface area contributed by atoms with Crippen molar-refractivity contribution >= 4 is 17.2 Å². The molecule has 1 aliphatic carbocycles. The van der Waals surface area contributed by atoms with Gasteiger partial charge in [0.25, 0.3) is 11.4 Å². The van der Waals surface area contributed by atoms with E-state index in [1.54, 1.807) is 72.8 Å². The Morgan fingerprint density at radius 3 is 1.18 bits per heavy atom. The second-order valence-corrected chi connectivity index (χ2v) is 12.3. The Bertz CT molecular complexity index is 2330. The van der Waals surface area contributed by atoms with Crippen molar-refractivity contribution in [3.8, 4) is 23.0 Å². The zero-order valence-corrected chi connectivity index (χ0v) is 27.7. The number of rotatable bonds is 8. The number of hydrogen-bond donors (Lipinski definition) is 0. The molecule has 6 aromatic carbocycles. The molecule has 0 N–H and O–H groups in total. The summed E-state index contributed by atoms with van der Waals surface area (Å²) in [7, 11) is 0. The van der Waals surface area contributed by atoms with Crippen LogP contribution in [0.25, 0.3) is 0 Å². The first-order valence-corrected chi connectivity index (χ1v) is 16.1. The maximum atomic E-state index is 13.8. The number of benzene rings is 6. The Morgan fingerprint density at radius 1 is 0.491 bits per heavy atom. The lowest BCUT2D eigenvalue weighted by Crippen LogP contribution is -2.38. The third-order valence-corrected chi connectivity index (χ3v) is 9.14. The highest BCUT2D eigenvalue weighted by Crippen LogP contribution is 2.51. The fourth-order valence-corrected chi connectivity index (χ4v) is 6.84. The molecule has 1 aliphatic rings. The fraction of sp³-hybridized carbons (Fsp3) is 0.0750. The Labute approximate surface area is 306 Å². The Balaban J connectivity index is 1.32. The molecule has 276 valence electrons. The summed E-state index contributed by atoms with van der Waals surface area (Å²) in [5.74, 6) is -0.645. The number of nitro benzene ring substituents is 2. The molecular weight excluding hydrogens is 734 g/mol. The van der Waals surface area contributed by atoms with Crippen LogP contribution in [0.1, 0.15) is 49.3 Å². The zero-order valence-electron chi connectivity index (χ0n) is 27.7. The first kappa shape index (κ1) is 36.3. The van der Waals surface area contributed by atoms with E-state index >= 15 is 0 Å². The molecule has 7 rings (SSSR count). The predicted octanol–water partition coefficient (Wildman–Crippen LogP) is 11.1. The molecule has 0 amide bonds. The smallest absolute Gasteiger partial charge is 0.423 e. The van der Waals surface area contributed by atoms with E-state index in [1.165, 1.54) is 24.3 Å². The van der Waals surface area contributed by atoms with Gasteiger partial charge in [0.2, 0.25) is 0 Å². The molecule has 0 fully saturated rings. The highest BCUT2D eigenvalue weighted by molar-refractivity contribution is 6.14. The molecule has 0 saturated carbocycles. The van der Waals surface area contributed by atoms with Gasteiger partial charge in [-0.05, 0) is 70.8 Å². The number of halogens is 6. The van der Waals surface area contributed by atoms with Gasteiger partial charge in [0.15, 0.2) is 5.78 Å². The molecule has 0 unspecified atom stereocenters. The topological polar surface area (TPSA) is 122 Å². The molecule has 0 aliphatic heterocycles. The van der Waals surface area contributed by atoms with Crippen molar-refractivity contribution in [1.29, 1.82) is 0 Å². The van der Waals surface area contributed by atoms with Crippen molar-refractivity contribution in [3.05, 3.63) is 198 Å². The van der Waals surface area contributed by atoms with E-state index in [1.807, 2.05) is 0 Å². The van der Waals surface area contributed by atoms with Crippen molar-refractivity contribution < 1.29 is 50.5 Å². The molecule has 0 bridgehead atoms. The van der Waals surface area contributed by atoms with Crippen LogP contribution < -0.4 is 9.47 Å². The number of hydrogen-bond acceptors (Lipinski definition) is 7. The van der Waals surface area contributed by atoms with E-state index in [4.69, 9.17) is 9.47 Å².